The van der Waals surface area contributed by atoms with Crippen LogP contribution in [0.5, 0.6) is 5.75 Å². The highest BCUT2D eigenvalue weighted by molar-refractivity contribution is 5.79. The van der Waals surface area contributed by atoms with Gasteiger partial charge in [0, 0.05) is 31.6 Å². The minimum absolute atomic E-state index is 0.148. The van der Waals surface area contributed by atoms with Crippen LogP contribution in [0.1, 0.15) is 38.7 Å². The average molecular weight is 443 g/mol. The molecule has 5 rings (SSSR count). The molecule has 3 unspecified atom stereocenters. The maximum atomic E-state index is 14.5. The fourth-order valence-electron chi connectivity index (χ4n) is 5.01. The predicted octanol–water partition coefficient (Wildman–Crippen LogP) is 4.33. The summed E-state index contributed by atoms with van der Waals surface area (Å²) < 4.78 is 40.6. The third-order valence-electron chi connectivity index (χ3n) is 6.56. The van der Waals surface area contributed by atoms with Gasteiger partial charge in [-0.1, -0.05) is 6.07 Å². The monoisotopic (exact) mass is 443 g/mol. The number of rotatable bonds is 2. The summed E-state index contributed by atoms with van der Waals surface area (Å²) in [5.41, 5.74) is 6.10. The highest BCUT2D eigenvalue weighted by Gasteiger charge is 2.51. The van der Waals surface area contributed by atoms with Gasteiger partial charge in [0.1, 0.15) is 23.5 Å². The quantitative estimate of drug-likeness (QED) is 0.748. The van der Waals surface area contributed by atoms with E-state index in [9.17, 15) is 8.78 Å². The molecule has 0 aliphatic carbocycles. The van der Waals surface area contributed by atoms with Crippen molar-refractivity contribution in [1.29, 1.82) is 0 Å². The second-order valence-corrected chi connectivity index (χ2v) is 9.40. The first-order valence-electron chi connectivity index (χ1n) is 10.8. The van der Waals surface area contributed by atoms with Gasteiger partial charge in [0.25, 0.3) is 0 Å². The Labute approximate surface area is 185 Å². The first-order valence-corrected chi connectivity index (χ1v) is 10.8. The highest BCUT2D eigenvalue weighted by Crippen LogP contribution is 2.50. The third kappa shape index (κ3) is 3.61. The summed E-state index contributed by atoms with van der Waals surface area (Å²) in [6, 6.07) is 8.66. The SMILES string of the molecule is CN1OC2(CC(C3CCOC(C)(C)C3)Oc3ccc(-c4cc(F)ccc4F)cc32)N=C1N. The summed E-state index contributed by atoms with van der Waals surface area (Å²) in [4.78, 5) is 10.8. The molecule has 1 spiro atoms. The van der Waals surface area contributed by atoms with E-state index in [4.69, 9.17) is 20.0 Å². The fraction of sp³-hybridized carbons (Fsp3) is 0.458. The van der Waals surface area contributed by atoms with Crippen LogP contribution in [0.2, 0.25) is 0 Å². The molecule has 1 fully saturated rings. The Balaban J connectivity index is 1.58. The van der Waals surface area contributed by atoms with Gasteiger partial charge in [-0.25, -0.2) is 23.7 Å². The summed E-state index contributed by atoms with van der Waals surface area (Å²) in [5.74, 6) is 0.109. The van der Waals surface area contributed by atoms with Crippen LogP contribution in [-0.2, 0) is 15.3 Å². The number of hydrogen-bond donors (Lipinski definition) is 1. The minimum atomic E-state index is -1.08. The Bertz CT molecular complexity index is 1090. The summed E-state index contributed by atoms with van der Waals surface area (Å²) in [6.45, 7) is 4.84. The van der Waals surface area contributed by atoms with Crippen LogP contribution in [0, 0.1) is 17.6 Å². The lowest BCUT2D eigenvalue weighted by Gasteiger charge is -2.44. The molecule has 2 aromatic rings. The Kier molecular flexibility index (Phi) is 4.90. The average Bonchev–Trinajstić information content (AvgIpc) is 3.02. The molecule has 2 N–H and O–H groups in total. The van der Waals surface area contributed by atoms with Gasteiger partial charge in [-0.15, -0.1) is 0 Å². The number of ether oxygens (including phenoxy) is 2. The number of fused-ring (bicyclic) bond motifs is 2. The molecule has 2 aromatic carbocycles. The van der Waals surface area contributed by atoms with E-state index in [0.29, 0.717) is 29.9 Å². The van der Waals surface area contributed by atoms with E-state index in [2.05, 4.69) is 18.8 Å². The van der Waals surface area contributed by atoms with Crippen LogP contribution in [0.3, 0.4) is 0 Å². The van der Waals surface area contributed by atoms with Crippen LogP contribution in [0.4, 0.5) is 8.78 Å². The lowest BCUT2D eigenvalue weighted by molar-refractivity contribution is -0.198. The van der Waals surface area contributed by atoms with Gasteiger partial charge in [0.05, 0.1) is 11.2 Å². The Morgan fingerprint density at radius 1 is 1.12 bits per heavy atom. The Morgan fingerprint density at radius 3 is 2.66 bits per heavy atom. The maximum absolute atomic E-state index is 14.5. The van der Waals surface area contributed by atoms with Gasteiger partial charge in [-0.2, -0.15) is 0 Å². The molecule has 1 saturated heterocycles. The van der Waals surface area contributed by atoms with Crippen molar-refractivity contribution in [3.8, 4) is 16.9 Å². The van der Waals surface area contributed by atoms with Crippen LogP contribution in [-0.4, -0.2) is 36.4 Å². The third-order valence-corrected chi connectivity index (χ3v) is 6.56. The van der Waals surface area contributed by atoms with Gasteiger partial charge in [0.2, 0.25) is 11.7 Å². The van der Waals surface area contributed by atoms with Crippen molar-refractivity contribution in [3.63, 3.8) is 0 Å². The van der Waals surface area contributed by atoms with Crippen LogP contribution >= 0.6 is 0 Å². The fourth-order valence-corrected chi connectivity index (χ4v) is 5.01. The largest absolute Gasteiger partial charge is 0.489 e. The van der Waals surface area contributed by atoms with Gasteiger partial charge >= 0.3 is 0 Å². The van der Waals surface area contributed by atoms with Gasteiger partial charge in [-0.3, -0.25) is 0 Å². The summed E-state index contributed by atoms with van der Waals surface area (Å²) in [6.07, 6.45) is 2.04. The normalized spacial score (nSPS) is 28.9. The topological polar surface area (TPSA) is 69.3 Å². The van der Waals surface area contributed by atoms with Gasteiger partial charge < -0.3 is 15.2 Å². The van der Waals surface area contributed by atoms with Crippen molar-refractivity contribution in [2.75, 3.05) is 13.7 Å². The minimum Gasteiger partial charge on any atom is -0.489 e. The molecule has 0 bridgehead atoms. The molecule has 3 aliphatic heterocycles. The van der Waals surface area contributed by atoms with Crippen molar-refractivity contribution in [2.45, 2.75) is 50.5 Å². The molecule has 0 amide bonds. The zero-order chi connectivity index (χ0) is 22.7. The number of nitrogens with two attached hydrogens (primary N) is 1. The molecule has 3 atom stereocenters. The second-order valence-electron chi connectivity index (χ2n) is 9.40. The van der Waals surface area contributed by atoms with E-state index in [0.717, 1.165) is 25.0 Å². The summed E-state index contributed by atoms with van der Waals surface area (Å²) in [5, 5.41) is 1.44. The molecule has 0 saturated carbocycles. The lowest BCUT2D eigenvalue weighted by atomic mass is 9.79. The Morgan fingerprint density at radius 2 is 1.94 bits per heavy atom. The van der Waals surface area contributed by atoms with E-state index in [1.165, 1.54) is 11.1 Å². The zero-order valence-electron chi connectivity index (χ0n) is 18.4. The van der Waals surface area contributed by atoms with Gasteiger partial charge in [-0.05, 0) is 62.6 Å². The van der Waals surface area contributed by atoms with E-state index in [1.54, 1.807) is 25.2 Å². The number of benzene rings is 2. The van der Waals surface area contributed by atoms with Crippen LogP contribution < -0.4 is 10.5 Å². The zero-order valence-corrected chi connectivity index (χ0v) is 18.4. The number of guanidine groups is 1. The molecule has 0 aromatic heterocycles. The standard InChI is InChI=1S/C24H27F2N3O3/c1-23(2)12-15(8-9-30-23)21-13-24(28-22(27)29(3)32-24)18-10-14(4-7-20(18)31-21)17-11-16(25)5-6-19(17)26/h4-7,10-11,15,21H,8-9,12-13H2,1-3H3,(H2,27,28). The summed E-state index contributed by atoms with van der Waals surface area (Å²) >= 11 is 0. The molecule has 8 heteroatoms. The van der Waals surface area contributed by atoms with Crippen molar-refractivity contribution >= 4 is 5.96 Å². The summed E-state index contributed by atoms with van der Waals surface area (Å²) in [7, 11) is 1.70. The number of hydroxylamine groups is 2. The van der Waals surface area contributed by atoms with Crippen molar-refractivity contribution in [3.05, 3.63) is 53.6 Å². The number of aliphatic imine (C=N–C) groups is 1. The molecule has 170 valence electrons. The molecule has 6 nitrogen and oxygen atoms in total. The number of hydrogen-bond acceptors (Lipinski definition) is 6. The number of halogens is 2. The van der Waals surface area contributed by atoms with Crippen LogP contribution in [0.25, 0.3) is 11.1 Å². The van der Waals surface area contributed by atoms with E-state index >= 15 is 0 Å². The predicted molar refractivity (Wildman–Crippen MR) is 116 cm³/mol. The van der Waals surface area contributed by atoms with Crippen molar-refractivity contribution in [2.24, 2.45) is 16.6 Å². The van der Waals surface area contributed by atoms with Crippen molar-refractivity contribution < 1.29 is 23.1 Å². The molecule has 0 radical (unpaired) electrons. The van der Waals surface area contributed by atoms with Crippen molar-refractivity contribution in [1.82, 2.24) is 5.06 Å². The lowest BCUT2D eigenvalue weighted by Crippen LogP contribution is -2.46. The smallest absolute Gasteiger partial charge is 0.221 e. The highest BCUT2D eigenvalue weighted by atomic mass is 19.1. The molecule has 3 aliphatic rings. The molecular weight excluding hydrogens is 416 g/mol. The van der Waals surface area contributed by atoms with E-state index < -0.39 is 17.4 Å². The van der Waals surface area contributed by atoms with E-state index in [-0.39, 0.29) is 29.1 Å². The Hall–Kier alpha value is -2.71. The first-order chi connectivity index (χ1) is 15.2. The molecule has 32 heavy (non-hydrogen) atoms. The first kappa shape index (κ1) is 21.2. The molecular formula is C24H27F2N3O3. The second kappa shape index (κ2) is 7.42. The van der Waals surface area contributed by atoms with E-state index in [1.807, 2.05) is 0 Å². The van der Waals surface area contributed by atoms with Crippen LogP contribution in [0.15, 0.2) is 41.4 Å². The number of nitrogens with zero attached hydrogens (tertiary/aromatic N) is 2. The maximum Gasteiger partial charge on any atom is 0.221 e. The van der Waals surface area contributed by atoms with Gasteiger partial charge in [0.15, 0.2) is 0 Å². The molecule has 3 heterocycles.